The molecule has 0 bridgehead atoms. The van der Waals surface area contributed by atoms with E-state index in [4.69, 9.17) is 18.5 Å². The van der Waals surface area contributed by atoms with Crippen LogP contribution in [0.3, 0.4) is 0 Å². The summed E-state index contributed by atoms with van der Waals surface area (Å²) in [6.45, 7) is 5.28. The Morgan fingerprint density at radius 3 is 2.12 bits per heavy atom. The highest BCUT2D eigenvalue weighted by atomic mass is 32.2. The highest BCUT2D eigenvalue weighted by Gasteiger charge is 2.49. The number of hydroxylamine groups is 3. The van der Waals surface area contributed by atoms with E-state index < -0.39 is 44.4 Å². The topological polar surface area (TPSA) is 155 Å². The molecule has 2 N–H and O–H groups in total. The SMILES string of the molecule is CC(C)(C)OC(=O)[N+]1(OC(=O)c2ccc(S(=O)(=O)Oc3ccccc3OCc3ccccc3)cc2)CCCCC(NC(=O)c2ccc(O)cc2)C1. The monoisotopic (exact) mass is 717 g/mol. The molecule has 5 rings (SSSR count). The molecule has 0 spiro atoms. The van der Waals surface area contributed by atoms with E-state index in [0.717, 1.165) is 5.56 Å². The van der Waals surface area contributed by atoms with Crippen molar-refractivity contribution in [2.45, 2.75) is 63.2 Å². The zero-order valence-electron chi connectivity index (χ0n) is 28.6. The minimum atomic E-state index is -4.35. The van der Waals surface area contributed by atoms with Crippen LogP contribution in [-0.2, 0) is 26.3 Å². The van der Waals surface area contributed by atoms with Gasteiger partial charge in [-0.05, 0) is 104 Å². The standard InChI is InChI=1S/C38H40N2O10S/c1-38(2,3)48-37(44)40(24-10-9-13-30(25-40)39-35(42)28-16-20-31(41)21-17-28)49-36(43)29-18-22-32(23-19-29)51(45,46)50-34-15-8-7-14-33(34)47-26-27-11-5-4-6-12-27/h4-8,11-12,14-23,30H,9-10,13,24-26H2,1-3H3,(H-,39,41,42)/p+1. The van der Waals surface area contributed by atoms with Crippen molar-refractivity contribution in [2.24, 2.45) is 0 Å². The molecule has 2 unspecified atom stereocenters. The summed E-state index contributed by atoms with van der Waals surface area (Å²) >= 11 is 0. The molecule has 0 aromatic heterocycles. The maximum atomic E-state index is 13.7. The van der Waals surface area contributed by atoms with Crippen molar-refractivity contribution in [3.8, 4) is 17.2 Å². The van der Waals surface area contributed by atoms with E-state index in [1.54, 1.807) is 39.0 Å². The van der Waals surface area contributed by atoms with Crippen LogP contribution in [-0.4, -0.2) is 60.9 Å². The number of nitrogens with one attached hydrogen (secondary N) is 1. The molecule has 4 aromatic carbocycles. The maximum absolute atomic E-state index is 13.7. The molecule has 13 heteroatoms. The lowest BCUT2D eigenvalue weighted by atomic mass is 10.1. The smallest absolute Gasteiger partial charge is 0.508 e. The van der Waals surface area contributed by atoms with Crippen molar-refractivity contribution in [2.75, 3.05) is 13.1 Å². The van der Waals surface area contributed by atoms with Crippen LogP contribution < -0.4 is 14.2 Å². The average molecular weight is 718 g/mol. The normalized spacial score (nSPS) is 17.7. The molecule has 0 saturated carbocycles. The maximum Gasteiger partial charge on any atom is 0.559 e. The Kier molecular flexibility index (Phi) is 11.3. The third-order valence-electron chi connectivity index (χ3n) is 7.95. The van der Waals surface area contributed by atoms with Gasteiger partial charge in [0, 0.05) is 12.0 Å². The van der Waals surface area contributed by atoms with E-state index >= 15 is 0 Å². The minimum absolute atomic E-state index is 0.00561. The van der Waals surface area contributed by atoms with Crippen LogP contribution in [0.25, 0.3) is 0 Å². The Morgan fingerprint density at radius 2 is 1.45 bits per heavy atom. The Bertz CT molecular complexity index is 1940. The predicted octanol–water partition coefficient (Wildman–Crippen LogP) is 6.55. The van der Waals surface area contributed by atoms with Crippen molar-refractivity contribution in [1.82, 2.24) is 5.32 Å². The first-order valence-corrected chi connectivity index (χ1v) is 17.9. The van der Waals surface area contributed by atoms with Gasteiger partial charge in [0.2, 0.25) is 0 Å². The van der Waals surface area contributed by atoms with Crippen molar-refractivity contribution < 1.29 is 51.0 Å². The number of benzene rings is 4. The second kappa shape index (κ2) is 15.7. The van der Waals surface area contributed by atoms with Crippen LogP contribution in [0.5, 0.6) is 17.2 Å². The summed E-state index contributed by atoms with van der Waals surface area (Å²) in [6.07, 6.45) is 0.830. The minimum Gasteiger partial charge on any atom is -0.508 e. The third kappa shape index (κ3) is 9.86. The number of ether oxygens (including phenoxy) is 2. The van der Waals surface area contributed by atoms with Crippen molar-refractivity contribution in [1.29, 1.82) is 0 Å². The number of phenolic OH excluding ortho intramolecular Hbond substituents is 1. The number of phenols is 1. The van der Waals surface area contributed by atoms with Gasteiger partial charge in [-0.25, -0.2) is 4.79 Å². The largest absolute Gasteiger partial charge is 0.559 e. The fourth-order valence-corrected chi connectivity index (χ4v) is 6.38. The second-order valence-electron chi connectivity index (χ2n) is 13.2. The van der Waals surface area contributed by atoms with Crippen molar-refractivity contribution in [3.63, 3.8) is 0 Å². The number of amides is 2. The summed E-state index contributed by atoms with van der Waals surface area (Å²) < 4.78 is 42.7. The van der Waals surface area contributed by atoms with Crippen LogP contribution in [0.4, 0.5) is 4.79 Å². The zero-order chi connectivity index (χ0) is 36.6. The van der Waals surface area contributed by atoms with Gasteiger partial charge in [-0.15, -0.1) is 0 Å². The van der Waals surface area contributed by atoms with Gasteiger partial charge in [0.1, 0.15) is 29.4 Å². The van der Waals surface area contributed by atoms with Gasteiger partial charge in [0.05, 0.1) is 11.6 Å². The van der Waals surface area contributed by atoms with Gasteiger partial charge >= 0.3 is 22.2 Å². The molecule has 51 heavy (non-hydrogen) atoms. The summed E-state index contributed by atoms with van der Waals surface area (Å²) in [5, 5.41) is 12.5. The van der Waals surface area contributed by atoms with Crippen LogP contribution in [0.2, 0.25) is 0 Å². The van der Waals surface area contributed by atoms with Crippen LogP contribution in [0.1, 0.15) is 66.3 Å². The quantitative estimate of drug-likeness (QED) is 0.144. The average Bonchev–Trinajstić information content (AvgIpc) is 3.30. The molecule has 12 nitrogen and oxygen atoms in total. The zero-order valence-corrected chi connectivity index (χ0v) is 29.4. The van der Waals surface area contributed by atoms with Crippen LogP contribution >= 0.6 is 0 Å². The number of aromatic hydroxyl groups is 1. The number of carbonyl (C=O) groups is 3. The number of carbonyl (C=O) groups excluding carboxylic acids is 3. The molecule has 1 aliphatic heterocycles. The lowest BCUT2D eigenvalue weighted by Crippen LogP contribution is -2.60. The lowest BCUT2D eigenvalue weighted by Gasteiger charge is -2.34. The number of rotatable bonds is 9. The van der Waals surface area contributed by atoms with E-state index in [9.17, 15) is 27.9 Å². The number of likely N-dealkylation sites (tertiary alicyclic amines) is 1. The number of nitrogens with zero attached hydrogens (tertiary/aromatic N) is 1. The van der Waals surface area contributed by atoms with Gasteiger partial charge < -0.3 is 24.1 Å². The number of para-hydroxylation sites is 2. The lowest BCUT2D eigenvalue weighted by molar-refractivity contribution is -1.03. The molecule has 1 fully saturated rings. The Morgan fingerprint density at radius 1 is 0.824 bits per heavy atom. The molecule has 4 aromatic rings. The van der Waals surface area contributed by atoms with E-state index in [1.807, 2.05) is 30.3 Å². The number of hydrogen-bond acceptors (Lipinski definition) is 10. The van der Waals surface area contributed by atoms with Crippen LogP contribution in [0.15, 0.2) is 108 Å². The molecule has 1 heterocycles. The number of quaternary nitrogens is 1. The Labute approximate surface area is 297 Å². The summed E-state index contributed by atoms with van der Waals surface area (Å²) in [5.41, 5.74) is 0.276. The van der Waals surface area contributed by atoms with Gasteiger partial charge in [-0.1, -0.05) is 42.5 Å². The van der Waals surface area contributed by atoms with E-state index in [-0.39, 0.29) is 47.4 Å². The van der Waals surface area contributed by atoms with Crippen LogP contribution in [0, 0.1) is 0 Å². The predicted molar refractivity (Wildman–Crippen MR) is 186 cm³/mol. The molecule has 268 valence electrons. The highest BCUT2D eigenvalue weighted by Crippen LogP contribution is 2.31. The highest BCUT2D eigenvalue weighted by molar-refractivity contribution is 7.87. The Balaban J connectivity index is 1.32. The van der Waals surface area contributed by atoms with E-state index in [2.05, 4.69) is 5.32 Å². The second-order valence-corrected chi connectivity index (χ2v) is 14.7. The van der Waals surface area contributed by atoms with E-state index in [0.29, 0.717) is 24.8 Å². The van der Waals surface area contributed by atoms with Crippen molar-refractivity contribution >= 4 is 28.1 Å². The first-order valence-electron chi connectivity index (χ1n) is 16.5. The molecule has 0 radical (unpaired) electrons. The molecule has 2 amide bonds. The fraction of sp³-hybridized carbons (Fsp3) is 0.289. The first kappa shape index (κ1) is 36.9. The van der Waals surface area contributed by atoms with Crippen molar-refractivity contribution in [3.05, 3.63) is 120 Å². The number of hydrogen-bond donors (Lipinski definition) is 2. The Hall–Kier alpha value is -5.40. The molecule has 0 aliphatic carbocycles. The van der Waals surface area contributed by atoms with Gasteiger partial charge in [-0.3, -0.25) is 9.63 Å². The van der Waals surface area contributed by atoms with Gasteiger partial charge in [0.25, 0.3) is 5.91 Å². The summed E-state index contributed by atoms with van der Waals surface area (Å²) in [6, 6.07) is 25.9. The first-order chi connectivity index (χ1) is 24.2. The summed E-state index contributed by atoms with van der Waals surface area (Å²) in [4.78, 5) is 46.1. The summed E-state index contributed by atoms with van der Waals surface area (Å²) in [7, 11) is -4.35. The molecular weight excluding hydrogens is 676 g/mol. The molecular formula is C38H41N2O10S+. The third-order valence-corrected chi connectivity index (χ3v) is 9.20. The molecule has 2 atom stereocenters. The van der Waals surface area contributed by atoms with Gasteiger partial charge in [-0.2, -0.15) is 13.2 Å². The van der Waals surface area contributed by atoms with E-state index in [1.165, 1.54) is 54.6 Å². The molecule has 1 aliphatic rings. The fourth-order valence-electron chi connectivity index (χ4n) is 5.44. The summed E-state index contributed by atoms with van der Waals surface area (Å²) in [5.74, 6) is -1.07. The molecule has 1 saturated heterocycles. The van der Waals surface area contributed by atoms with Gasteiger partial charge in [0.15, 0.2) is 18.0 Å².